The minimum atomic E-state index is -4.49. The summed E-state index contributed by atoms with van der Waals surface area (Å²) in [5.74, 6) is 0.573. The van der Waals surface area contributed by atoms with Gasteiger partial charge in [0.25, 0.3) is 0 Å². The Morgan fingerprint density at radius 1 is 0.788 bits per heavy atom. The SMILES string of the molecule is C=Cc1c[c-]c2c(c1)-c1cc(C=C)ccc1C2.CCC1[C-]=CC(C(C)(C)C)=C1.FC(F)(F)c1cccc([C](=[Zr+2])c2cccc(C(F)(F)F)c2)c1.[Cl-].[Cl-]. The van der Waals surface area contributed by atoms with Crippen LogP contribution in [0.15, 0.2) is 110 Å². The van der Waals surface area contributed by atoms with Crippen molar-refractivity contribution in [3.63, 3.8) is 0 Å². The van der Waals surface area contributed by atoms with Crippen molar-refractivity contribution in [2.45, 2.75) is 52.9 Å². The Morgan fingerprint density at radius 3 is 1.77 bits per heavy atom. The third kappa shape index (κ3) is 11.6. The Balaban J connectivity index is 0.000000279. The second-order valence-corrected chi connectivity index (χ2v) is 14.3. The van der Waals surface area contributed by atoms with Crippen LogP contribution in [0.25, 0.3) is 23.3 Å². The maximum Gasteiger partial charge on any atom is -1.00 e. The molecule has 0 fully saturated rings. The molecule has 4 aromatic carbocycles. The molecule has 0 heterocycles. The van der Waals surface area contributed by atoms with E-state index in [0.29, 0.717) is 14.5 Å². The Kier molecular flexibility index (Phi) is 16.1. The van der Waals surface area contributed by atoms with Gasteiger partial charge < -0.3 is 24.8 Å². The van der Waals surface area contributed by atoms with Crippen LogP contribution in [-0.4, -0.2) is 3.21 Å². The Morgan fingerprint density at radius 2 is 1.33 bits per heavy atom. The van der Waals surface area contributed by atoms with Crippen LogP contribution in [0, 0.1) is 23.5 Å². The van der Waals surface area contributed by atoms with Gasteiger partial charge in [-0.1, -0.05) is 87.4 Å². The van der Waals surface area contributed by atoms with Gasteiger partial charge in [0.1, 0.15) is 0 Å². The van der Waals surface area contributed by atoms with Crippen LogP contribution in [0.4, 0.5) is 26.3 Å². The molecule has 0 aromatic heterocycles. The molecule has 272 valence electrons. The molecule has 0 saturated carbocycles. The minimum absolute atomic E-state index is 0. The maximum atomic E-state index is 12.7. The summed E-state index contributed by atoms with van der Waals surface area (Å²) in [6.45, 7) is 16.6. The van der Waals surface area contributed by atoms with Gasteiger partial charge in [0, 0.05) is 0 Å². The molecule has 4 aromatic rings. The second-order valence-electron chi connectivity index (χ2n) is 13.1. The molecule has 0 nitrogen and oxygen atoms in total. The fraction of sp³-hybridized carbons (Fsp3) is 0.233. The number of fused-ring (bicyclic) bond motifs is 3. The number of benzene rings is 4. The van der Waals surface area contributed by atoms with E-state index < -0.39 is 23.5 Å². The minimum Gasteiger partial charge on any atom is -1.00 e. The van der Waals surface area contributed by atoms with Crippen molar-refractivity contribution in [1.82, 2.24) is 0 Å². The van der Waals surface area contributed by atoms with E-state index >= 15 is 0 Å². The summed E-state index contributed by atoms with van der Waals surface area (Å²) in [6, 6.07) is 23.2. The molecule has 9 heteroatoms. The molecule has 0 N–H and O–H groups in total. The van der Waals surface area contributed by atoms with Crippen LogP contribution in [0.2, 0.25) is 0 Å². The summed E-state index contributed by atoms with van der Waals surface area (Å²) >= 11 is 0.729. The summed E-state index contributed by atoms with van der Waals surface area (Å²) in [7, 11) is 0. The molecular weight excluding hydrogens is 793 g/mol. The first-order valence-corrected chi connectivity index (χ1v) is 17.4. The molecule has 0 bridgehead atoms. The molecule has 0 aliphatic heterocycles. The molecular formula is C43H38Cl2F6Zr-2. The van der Waals surface area contributed by atoms with Gasteiger partial charge in [-0.15, -0.1) is 23.8 Å². The average Bonchev–Trinajstić information content (AvgIpc) is 3.73. The Labute approximate surface area is 330 Å². The molecule has 6 rings (SSSR count). The Hall–Kier alpha value is -3.25. The smallest absolute Gasteiger partial charge is 1.00 e. The molecule has 0 radical (unpaired) electrons. The topological polar surface area (TPSA) is 0 Å². The number of alkyl halides is 6. The molecule has 0 spiro atoms. The van der Waals surface area contributed by atoms with Crippen molar-refractivity contribution in [3.8, 4) is 11.1 Å². The number of hydrogen-bond donors (Lipinski definition) is 0. The third-order valence-corrected chi connectivity index (χ3v) is 9.83. The first-order chi connectivity index (χ1) is 23.4. The average molecular weight is 831 g/mol. The normalized spacial score (nSPS) is 14.2. The summed E-state index contributed by atoms with van der Waals surface area (Å²) in [6.07, 6.45) is 4.77. The van der Waals surface area contributed by atoms with Gasteiger partial charge in [-0.25, -0.2) is 6.08 Å². The maximum absolute atomic E-state index is 12.7. The molecule has 2 aliphatic rings. The number of hydrogen-bond acceptors (Lipinski definition) is 0. The van der Waals surface area contributed by atoms with Crippen molar-refractivity contribution in [1.29, 1.82) is 0 Å². The summed E-state index contributed by atoms with van der Waals surface area (Å²) in [5, 5.41) is 0. The summed E-state index contributed by atoms with van der Waals surface area (Å²) < 4.78 is 76.7. The molecule has 52 heavy (non-hydrogen) atoms. The van der Waals surface area contributed by atoms with Gasteiger partial charge in [0.05, 0.1) is 0 Å². The van der Waals surface area contributed by atoms with Crippen LogP contribution >= 0.6 is 0 Å². The van der Waals surface area contributed by atoms with Crippen molar-refractivity contribution in [2.24, 2.45) is 11.3 Å². The molecule has 1 atom stereocenters. The summed E-state index contributed by atoms with van der Waals surface area (Å²) in [4.78, 5) is 0. The number of halogens is 8. The number of allylic oxidation sites excluding steroid dienone is 4. The molecule has 1 unspecified atom stereocenters. The fourth-order valence-electron chi connectivity index (χ4n) is 5.45. The predicted molar refractivity (Wildman–Crippen MR) is 189 cm³/mol. The van der Waals surface area contributed by atoms with Crippen LogP contribution in [0.5, 0.6) is 0 Å². The second kappa shape index (κ2) is 18.7. The number of rotatable bonds is 5. The van der Waals surface area contributed by atoms with E-state index in [2.05, 4.69) is 89.4 Å². The largest absolute Gasteiger partial charge is 1.00 e. The molecule has 2 aliphatic carbocycles. The van der Waals surface area contributed by atoms with E-state index in [1.165, 1.54) is 64.1 Å². The van der Waals surface area contributed by atoms with Crippen LogP contribution < -0.4 is 24.8 Å². The van der Waals surface area contributed by atoms with E-state index in [1.807, 2.05) is 18.2 Å². The van der Waals surface area contributed by atoms with Crippen molar-refractivity contribution < 1.29 is 75.4 Å². The van der Waals surface area contributed by atoms with E-state index in [4.69, 9.17) is 0 Å². The van der Waals surface area contributed by atoms with Gasteiger partial charge in [0.15, 0.2) is 0 Å². The fourth-order valence-corrected chi connectivity index (χ4v) is 6.21. The van der Waals surface area contributed by atoms with E-state index in [0.717, 1.165) is 60.5 Å². The first kappa shape index (κ1) is 44.9. The van der Waals surface area contributed by atoms with Crippen molar-refractivity contribution in [2.75, 3.05) is 0 Å². The molecule has 0 saturated heterocycles. The zero-order chi connectivity index (χ0) is 36.9. The van der Waals surface area contributed by atoms with Crippen molar-refractivity contribution >= 4 is 15.4 Å². The van der Waals surface area contributed by atoms with Crippen LogP contribution in [0.1, 0.15) is 78.6 Å². The van der Waals surface area contributed by atoms with Gasteiger partial charge >= 0.3 is 137 Å². The van der Waals surface area contributed by atoms with Crippen LogP contribution in [0.3, 0.4) is 0 Å². The van der Waals surface area contributed by atoms with Gasteiger partial charge in [-0.3, -0.25) is 6.08 Å². The van der Waals surface area contributed by atoms with Crippen molar-refractivity contribution in [3.05, 3.63) is 166 Å². The van der Waals surface area contributed by atoms with Gasteiger partial charge in [-0.2, -0.15) is 35.4 Å². The zero-order valence-corrected chi connectivity index (χ0v) is 33.2. The van der Waals surface area contributed by atoms with Gasteiger partial charge in [0.2, 0.25) is 0 Å². The zero-order valence-electron chi connectivity index (χ0n) is 29.2. The Bertz CT molecular complexity index is 1830. The monoisotopic (exact) mass is 828 g/mol. The summed E-state index contributed by atoms with van der Waals surface area (Å²) in [5.41, 5.74) is 8.20. The van der Waals surface area contributed by atoms with Crippen LogP contribution in [-0.2, 0) is 43.0 Å². The van der Waals surface area contributed by atoms with Gasteiger partial charge in [-0.05, 0) is 12.0 Å². The first-order valence-electron chi connectivity index (χ1n) is 16.1. The quantitative estimate of drug-likeness (QED) is 0.140. The molecule has 0 amide bonds. The predicted octanol–water partition coefficient (Wildman–Crippen LogP) is 6.55. The van der Waals surface area contributed by atoms with E-state index in [9.17, 15) is 26.3 Å². The van der Waals surface area contributed by atoms with E-state index in [-0.39, 0.29) is 35.9 Å². The standard InChI is InChI=1S/C17H13.C15H8F6.C11H17.2ClH.Zr/c1-3-12-5-7-14-11-15-8-6-13(4-2)10-17(15)16(14)9-12;16-14(17,18)12-5-1-3-10(8-12)7-11-4-2-6-13(9-11)15(19,20)21;1-5-9-6-7-10(8-9)11(2,3)4;;;/h3-7,9-10H,1-2,11H2;1-6,8-9H;7-9H,5H2,1-4H3;2*1H;/q-1;;-1;;;+2/p-2. The van der Waals surface area contributed by atoms with E-state index in [1.54, 1.807) is 0 Å². The third-order valence-electron chi connectivity index (χ3n) is 8.41.